The highest BCUT2D eigenvalue weighted by Gasteiger charge is 2.17. The van der Waals surface area contributed by atoms with Crippen LogP contribution in [0.4, 0.5) is 10.1 Å². The van der Waals surface area contributed by atoms with Crippen LogP contribution in [0, 0.1) is 5.82 Å². The first kappa shape index (κ1) is 28.1. The molecule has 0 aliphatic carbocycles. The van der Waals surface area contributed by atoms with Gasteiger partial charge >= 0.3 is 0 Å². The lowest BCUT2D eigenvalue weighted by atomic mass is 10.0. The first-order valence-electron chi connectivity index (χ1n) is 13.5. The maximum absolute atomic E-state index is 14.6. The predicted molar refractivity (Wildman–Crippen MR) is 163 cm³/mol. The lowest BCUT2D eigenvalue weighted by Crippen LogP contribution is -2.21. The molecule has 2 aromatic carbocycles. The highest BCUT2D eigenvalue weighted by atomic mass is 32.2. The number of benzene rings is 2. The minimum absolute atomic E-state index is 0.0516. The fraction of sp³-hybridized carbons (Fsp3) is 0.167. The quantitative estimate of drug-likeness (QED) is 0.179. The van der Waals surface area contributed by atoms with Crippen molar-refractivity contribution in [3.63, 3.8) is 0 Å². The Balaban J connectivity index is 1.37. The summed E-state index contributed by atoms with van der Waals surface area (Å²) in [5.74, 6) is -0.0839. The molecule has 218 valence electrons. The zero-order valence-electron chi connectivity index (χ0n) is 23.3. The van der Waals surface area contributed by atoms with Crippen molar-refractivity contribution in [2.45, 2.75) is 26.3 Å². The number of rotatable bonds is 9. The summed E-state index contributed by atoms with van der Waals surface area (Å²) in [7, 11) is -3.45. The van der Waals surface area contributed by atoms with E-state index in [-0.39, 0.29) is 12.5 Å². The van der Waals surface area contributed by atoms with E-state index < -0.39 is 15.8 Å². The van der Waals surface area contributed by atoms with Crippen LogP contribution in [0.3, 0.4) is 0 Å². The van der Waals surface area contributed by atoms with Gasteiger partial charge in [-0.15, -0.1) is 0 Å². The largest absolute Gasteiger partial charge is 0.335 e. The van der Waals surface area contributed by atoms with Gasteiger partial charge in [0.2, 0.25) is 15.9 Å². The fourth-order valence-corrected chi connectivity index (χ4v) is 5.30. The summed E-state index contributed by atoms with van der Waals surface area (Å²) in [6.07, 6.45) is 8.80. The molecule has 0 spiro atoms. The molecule has 0 fully saturated rings. The lowest BCUT2D eigenvalue weighted by Gasteiger charge is -2.07. The molecule has 11 nitrogen and oxygen atoms in total. The molecule has 0 aliphatic heterocycles. The Kier molecular flexibility index (Phi) is 7.42. The van der Waals surface area contributed by atoms with E-state index in [9.17, 15) is 17.6 Å². The topological polar surface area (TPSA) is 158 Å². The molecule has 0 aliphatic rings. The predicted octanol–water partition coefficient (Wildman–Crippen LogP) is 5.16. The molecule has 4 N–H and O–H groups in total. The van der Waals surface area contributed by atoms with E-state index in [0.29, 0.717) is 51.4 Å². The highest BCUT2D eigenvalue weighted by molar-refractivity contribution is 7.88. The summed E-state index contributed by atoms with van der Waals surface area (Å²) in [5, 5.41) is 11.3. The number of amides is 1. The van der Waals surface area contributed by atoms with E-state index in [1.54, 1.807) is 30.9 Å². The third kappa shape index (κ3) is 6.12. The van der Waals surface area contributed by atoms with Gasteiger partial charge in [-0.2, -0.15) is 5.10 Å². The van der Waals surface area contributed by atoms with Crippen molar-refractivity contribution in [1.29, 1.82) is 0 Å². The van der Waals surface area contributed by atoms with E-state index in [1.165, 1.54) is 12.1 Å². The second kappa shape index (κ2) is 11.3. The number of aromatic amines is 2. The van der Waals surface area contributed by atoms with Crippen LogP contribution in [0.1, 0.15) is 25.3 Å². The van der Waals surface area contributed by atoms with Crippen LogP contribution in [-0.2, 0) is 21.4 Å². The summed E-state index contributed by atoms with van der Waals surface area (Å²) in [5.41, 5.74) is 6.43. The first-order valence-corrected chi connectivity index (χ1v) is 15.4. The van der Waals surface area contributed by atoms with E-state index in [0.717, 1.165) is 34.7 Å². The van der Waals surface area contributed by atoms with Gasteiger partial charge in [-0.05, 0) is 59.5 Å². The van der Waals surface area contributed by atoms with Crippen LogP contribution in [0.15, 0.2) is 67.3 Å². The van der Waals surface area contributed by atoms with Crippen molar-refractivity contribution in [1.82, 2.24) is 34.9 Å². The number of hydrogen-bond acceptors (Lipinski definition) is 7. The molecular weight excluding hydrogens is 571 g/mol. The first-order chi connectivity index (χ1) is 20.7. The van der Waals surface area contributed by atoms with Crippen molar-refractivity contribution in [2.24, 2.45) is 0 Å². The van der Waals surface area contributed by atoms with Gasteiger partial charge in [-0.3, -0.25) is 19.9 Å². The molecule has 6 aromatic rings. The number of carbonyl (C=O) groups is 1. The third-order valence-electron chi connectivity index (χ3n) is 6.82. The Bertz CT molecular complexity index is 2110. The van der Waals surface area contributed by atoms with Crippen LogP contribution in [0.5, 0.6) is 0 Å². The third-order valence-corrected chi connectivity index (χ3v) is 7.49. The van der Waals surface area contributed by atoms with Gasteiger partial charge in [-0.1, -0.05) is 13.0 Å². The number of H-pyrrole nitrogens is 2. The minimum Gasteiger partial charge on any atom is -0.335 e. The number of pyridine rings is 2. The average Bonchev–Trinajstić information content (AvgIpc) is 3.59. The Hall–Kier alpha value is -5.01. The smallest absolute Gasteiger partial charge is 0.224 e. The zero-order chi connectivity index (χ0) is 30.1. The van der Waals surface area contributed by atoms with Gasteiger partial charge in [-0.25, -0.2) is 22.5 Å². The van der Waals surface area contributed by atoms with Crippen LogP contribution < -0.4 is 10.0 Å². The van der Waals surface area contributed by atoms with Gasteiger partial charge < -0.3 is 10.3 Å². The summed E-state index contributed by atoms with van der Waals surface area (Å²) in [4.78, 5) is 28.8. The number of hydrogen-bond donors (Lipinski definition) is 4. The number of nitrogens with zero attached hydrogens (tertiary/aromatic N) is 4. The number of carbonyl (C=O) groups excluding carboxylic acids is 1. The van der Waals surface area contributed by atoms with Crippen molar-refractivity contribution in [3.05, 3.63) is 78.6 Å². The Morgan fingerprint density at radius 1 is 0.953 bits per heavy atom. The Morgan fingerprint density at radius 3 is 2.60 bits per heavy atom. The second-order valence-electron chi connectivity index (χ2n) is 10.2. The van der Waals surface area contributed by atoms with Crippen LogP contribution in [-0.4, -0.2) is 50.7 Å². The molecule has 0 bridgehead atoms. The lowest BCUT2D eigenvalue weighted by molar-refractivity contribution is -0.116. The van der Waals surface area contributed by atoms with Gasteiger partial charge in [0.25, 0.3) is 0 Å². The van der Waals surface area contributed by atoms with E-state index in [2.05, 4.69) is 35.2 Å². The number of anilines is 1. The molecule has 0 unspecified atom stereocenters. The molecule has 1 amide bonds. The number of halogens is 1. The van der Waals surface area contributed by atoms with Crippen LogP contribution in [0.25, 0.3) is 55.7 Å². The zero-order valence-corrected chi connectivity index (χ0v) is 24.1. The number of imidazole rings is 1. The molecule has 4 aromatic heterocycles. The van der Waals surface area contributed by atoms with Crippen molar-refractivity contribution in [2.75, 3.05) is 11.6 Å². The highest BCUT2D eigenvalue weighted by Crippen LogP contribution is 2.33. The standard InChI is InChI=1S/C30H27FN8O3S/c1-3-4-27(40)35-22-10-20(13-32-14-22)18-5-6-25-23(11-18)29(39-38-25)30-36-26-16-33-15-24(28(26)37-30)19-7-17(8-21(31)9-19)12-34-43(2,41)42/h5-11,13-16,34H,3-4,12H2,1-2H3,(H,35,40)(H,36,37)(H,38,39). The summed E-state index contributed by atoms with van der Waals surface area (Å²) >= 11 is 0. The van der Waals surface area contributed by atoms with E-state index in [4.69, 9.17) is 4.98 Å². The summed E-state index contributed by atoms with van der Waals surface area (Å²) in [6.45, 7) is 1.90. The summed E-state index contributed by atoms with van der Waals surface area (Å²) in [6, 6.07) is 12.1. The van der Waals surface area contributed by atoms with Crippen molar-refractivity contribution < 1.29 is 17.6 Å². The fourth-order valence-electron chi connectivity index (χ4n) is 4.87. The van der Waals surface area contributed by atoms with Gasteiger partial charge in [0.15, 0.2) is 5.82 Å². The summed E-state index contributed by atoms with van der Waals surface area (Å²) < 4.78 is 40.1. The monoisotopic (exact) mass is 598 g/mol. The van der Waals surface area contributed by atoms with E-state index >= 15 is 0 Å². The number of nitrogens with one attached hydrogen (secondary N) is 4. The maximum atomic E-state index is 14.6. The maximum Gasteiger partial charge on any atom is 0.224 e. The Labute approximate surface area is 246 Å². The number of aromatic nitrogens is 6. The molecule has 4 heterocycles. The normalized spacial score (nSPS) is 11.8. The minimum atomic E-state index is -3.45. The molecule has 43 heavy (non-hydrogen) atoms. The number of sulfonamides is 1. The molecule has 0 atom stereocenters. The van der Waals surface area contributed by atoms with E-state index in [1.807, 2.05) is 31.2 Å². The molecular formula is C30H27FN8O3S. The van der Waals surface area contributed by atoms with Crippen molar-refractivity contribution in [3.8, 4) is 33.8 Å². The average molecular weight is 599 g/mol. The van der Waals surface area contributed by atoms with Gasteiger partial charge in [0, 0.05) is 41.9 Å². The molecule has 13 heteroatoms. The van der Waals surface area contributed by atoms with Crippen molar-refractivity contribution >= 4 is 43.6 Å². The molecule has 0 saturated carbocycles. The molecule has 6 rings (SSSR count). The van der Waals surface area contributed by atoms with Gasteiger partial charge in [0.05, 0.1) is 40.9 Å². The van der Waals surface area contributed by atoms with Crippen LogP contribution in [0.2, 0.25) is 0 Å². The second-order valence-corrected chi connectivity index (χ2v) is 12.0. The Morgan fingerprint density at radius 2 is 1.79 bits per heavy atom. The molecule has 0 saturated heterocycles. The SMILES string of the molecule is CCCC(=O)Nc1cncc(-c2ccc3[nH]nc(-c4nc5c(-c6cc(F)cc(CNS(C)(=O)=O)c6)cncc5[nH]4)c3c2)c1. The van der Waals surface area contributed by atoms with Gasteiger partial charge in [0.1, 0.15) is 11.5 Å². The number of fused-ring (bicyclic) bond motifs is 2. The van der Waals surface area contributed by atoms with Crippen LogP contribution >= 0.6 is 0 Å². The molecule has 0 radical (unpaired) electrons.